The molecule has 0 aliphatic carbocycles. The van der Waals surface area contributed by atoms with Crippen molar-refractivity contribution in [2.45, 2.75) is 37.9 Å². The first kappa shape index (κ1) is 29.6. The lowest BCUT2D eigenvalue weighted by molar-refractivity contribution is -0.632. The maximum Gasteiger partial charge on any atom is 0.433 e. The lowest BCUT2D eigenvalue weighted by Crippen LogP contribution is -2.87. The van der Waals surface area contributed by atoms with E-state index < -0.39 is 59.8 Å². The van der Waals surface area contributed by atoms with E-state index in [1.54, 1.807) is 0 Å². The Labute approximate surface area is 218 Å². The summed E-state index contributed by atoms with van der Waals surface area (Å²) in [5, 5.41) is 30.0. The minimum absolute atomic E-state index is 0.0419. The van der Waals surface area contributed by atoms with E-state index in [1.807, 2.05) is 0 Å². The van der Waals surface area contributed by atoms with Gasteiger partial charge in [-0.3, -0.25) is 15.5 Å². The molecule has 1 aliphatic heterocycles. The van der Waals surface area contributed by atoms with Gasteiger partial charge in [0.05, 0.1) is 30.3 Å². The number of aromatic carboxylic acids is 1. The SMILES string of the molecule is CC(NC(=O)/C(C(=N)C(F)(F)F)=C1/[NH2+]C(CO)CN1Cc1cccc(C(F)(F)F)c1)c1ccc(C(=O)O)cc1. The van der Waals surface area contributed by atoms with Gasteiger partial charge in [0.15, 0.2) is 5.71 Å². The van der Waals surface area contributed by atoms with E-state index in [2.05, 4.69) is 5.32 Å². The third-order valence-electron chi connectivity index (χ3n) is 6.07. The number of carboxylic acid groups (broad SMARTS) is 1. The molecule has 8 nitrogen and oxygen atoms in total. The van der Waals surface area contributed by atoms with Crippen LogP contribution < -0.4 is 10.6 Å². The quantitative estimate of drug-likeness (QED) is 0.193. The summed E-state index contributed by atoms with van der Waals surface area (Å²) in [6.07, 6.45) is -9.89. The molecule has 0 spiro atoms. The van der Waals surface area contributed by atoms with Crippen LogP contribution in [0, 0.1) is 5.41 Å². The number of carbonyl (C=O) groups is 2. The molecule has 6 N–H and O–H groups in total. The first-order valence-corrected chi connectivity index (χ1v) is 11.5. The Morgan fingerprint density at radius 1 is 1.13 bits per heavy atom. The van der Waals surface area contributed by atoms with Crippen LogP contribution in [0.25, 0.3) is 0 Å². The van der Waals surface area contributed by atoms with E-state index in [9.17, 15) is 41.0 Å². The molecule has 2 aromatic carbocycles. The van der Waals surface area contributed by atoms with Crippen LogP contribution in [0.1, 0.15) is 40.0 Å². The maximum atomic E-state index is 13.7. The fraction of sp³-hybridized carbons (Fsp3) is 0.320. The Hall–Kier alpha value is -3.91. The molecule has 0 radical (unpaired) electrons. The largest absolute Gasteiger partial charge is 0.478 e. The number of nitrogens with one attached hydrogen (secondary N) is 2. The highest BCUT2D eigenvalue weighted by Crippen LogP contribution is 2.31. The second-order valence-electron chi connectivity index (χ2n) is 8.94. The number of amides is 1. The minimum atomic E-state index is -5.24. The molecule has 2 aromatic rings. The van der Waals surface area contributed by atoms with Crippen molar-refractivity contribution in [3.05, 3.63) is 82.2 Å². The zero-order chi connectivity index (χ0) is 29.1. The predicted octanol–water partition coefficient (Wildman–Crippen LogP) is 2.81. The molecule has 1 aliphatic rings. The molecular weight excluding hydrogens is 534 g/mol. The molecule has 1 heterocycles. The van der Waals surface area contributed by atoms with Crippen LogP contribution >= 0.6 is 0 Å². The number of hydrogen-bond acceptors (Lipinski definition) is 5. The van der Waals surface area contributed by atoms with E-state index >= 15 is 0 Å². The van der Waals surface area contributed by atoms with E-state index in [1.165, 1.54) is 47.5 Å². The van der Waals surface area contributed by atoms with E-state index in [-0.39, 0.29) is 30.0 Å². The van der Waals surface area contributed by atoms with E-state index in [0.29, 0.717) is 5.56 Å². The van der Waals surface area contributed by atoms with E-state index in [4.69, 9.17) is 10.5 Å². The number of alkyl halides is 6. The van der Waals surface area contributed by atoms with Gasteiger partial charge in [0.25, 0.3) is 5.91 Å². The Morgan fingerprint density at radius 2 is 1.77 bits per heavy atom. The van der Waals surface area contributed by atoms with Crippen LogP contribution in [-0.4, -0.2) is 58.1 Å². The molecule has 210 valence electrons. The maximum absolute atomic E-state index is 13.7. The zero-order valence-corrected chi connectivity index (χ0v) is 20.4. The molecule has 14 heteroatoms. The van der Waals surface area contributed by atoms with Gasteiger partial charge in [-0.2, -0.15) is 26.3 Å². The average molecular weight is 559 g/mol. The van der Waals surface area contributed by atoms with Crippen LogP contribution in [0.3, 0.4) is 0 Å². The Bertz CT molecular complexity index is 1270. The molecule has 1 saturated heterocycles. The highest BCUT2D eigenvalue weighted by Gasteiger charge is 2.45. The number of benzene rings is 2. The molecule has 39 heavy (non-hydrogen) atoms. The topological polar surface area (TPSA) is 130 Å². The molecule has 3 rings (SSSR count). The van der Waals surface area contributed by atoms with Crippen LogP contribution in [-0.2, 0) is 17.5 Å². The van der Waals surface area contributed by atoms with Gasteiger partial charge in [-0.05, 0) is 42.3 Å². The summed E-state index contributed by atoms with van der Waals surface area (Å²) in [6.45, 7) is 0.516. The number of aliphatic hydroxyl groups is 1. The van der Waals surface area contributed by atoms with Crippen molar-refractivity contribution in [1.82, 2.24) is 10.2 Å². The lowest BCUT2D eigenvalue weighted by atomic mass is 10.0. The van der Waals surface area contributed by atoms with Gasteiger partial charge in [0, 0.05) is 6.54 Å². The summed E-state index contributed by atoms with van der Waals surface area (Å²) in [5.41, 5.74) is -3.55. The zero-order valence-electron chi connectivity index (χ0n) is 20.4. The average Bonchev–Trinajstić information content (AvgIpc) is 3.25. The smallest absolute Gasteiger partial charge is 0.433 e. The number of halogens is 6. The summed E-state index contributed by atoms with van der Waals surface area (Å²) >= 11 is 0. The Kier molecular flexibility index (Phi) is 8.70. The van der Waals surface area contributed by atoms with Gasteiger partial charge >= 0.3 is 18.3 Å². The number of nitrogens with two attached hydrogens (primary N) is 1. The third-order valence-corrected chi connectivity index (χ3v) is 6.07. The van der Waals surface area contributed by atoms with Crippen molar-refractivity contribution in [3.63, 3.8) is 0 Å². The lowest BCUT2D eigenvalue weighted by Gasteiger charge is -2.22. The summed E-state index contributed by atoms with van der Waals surface area (Å²) in [4.78, 5) is 25.5. The first-order chi connectivity index (χ1) is 18.1. The molecule has 0 saturated carbocycles. The first-order valence-electron chi connectivity index (χ1n) is 11.5. The van der Waals surface area contributed by atoms with Crippen LogP contribution in [0.5, 0.6) is 0 Å². The van der Waals surface area contributed by atoms with E-state index in [0.717, 1.165) is 18.2 Å². The number of nitrogens with zero attached hydrogens (tertiary/aromatic N) is 1. The Balaban J connectivity index is 2.00. The van der Waals surface area contributed by atoms with Gasteiger partial charge < -0.3 is 20.4 Å². The molecule has 1 fully saturated rings. The summed E-state index contributed by atoms with van der Waals surface area (Å²) < 4.78 is 80.6. The fourth-order valence-electron chi connectivity index (χ4n) is 4.10. The van der Waals surface area contributed by atoms with Crippen molar-refractivity contribution < 1.29 is 51.5 Å². The molecule has 0 aromatic heterocycles. The van der Waals surface area contributed by atoms with Gasteiger partial charge in [0.1, 0.15) is 11.6 Å². The standard InChI is InChI=1S/C25H24F6N4O4/c1-13(15-5-7-16(8-6-15)23(38)39)33-22(37)19(20(32)25(29,30)31)21-34-18(12-36)11-35(21)10-14-3-2-4-17(9-14)24(26,27)28/h2-9,13,18,32,34,36H,10-12H2,1H3,(H,33,37)(H,38,39)/p+1/b21-19-,32-20?. The van der Waals surface area contributed by atoms with Gasteiger partial charge in [-0.25, -0.2) is 4.79 Å². The summed E-state index contributed by atoms with van der Waals surface area (Å²) in [7, 11) is 0. The molecule has 0 bridgehead atoms. The van der Waals surface area contributed by atoms with Crippen LogP contribution in [0.2, 0.25) is 0 Å². The number of carbonyl (C=O) groups excluding carboxylic acids is 1. The summed E-state index contributed by atoms with van der Waals surface area (Å²) in [5.74, 6) is -2.81. The molecular formula is C25H25F6N4O4+. The Morgan fingerprint density at radius 3 is 2.31 bits per heavy atom. The number of rotatable bonds is 8. The predicted molar refractivity (Wildman–Crippen MR) is 125 cm³/mol. The number of quaternary nitrogens is 1. The van der Waals surface area contributed by atoms with Crippen molar-refractivity contribution in [2.24, 2.45) is 0 Å². The van der Waals surface area contributed by atoms with Crippen molar-refractivity contribution >= 4 is 17.6 Å². The monoisotopic (exact) mass is 559 g/mol. The van der Waals surface area contributed by atoms with Crippen LogP contribution in [0.15, 0.2) is 59.9 Å². The van der Waals surface area contributed by atoms with Crippen LogP contribution in [0.4, 0.5) is 26.3 Å². The normalized spacial score (nSPS) is 18.1. The van der Waals surface area contributed by atoms with Crippen molar-refractivity contribution in [3.8, 4) is 0 Å². The number of aliphatic hydroxyl groups excluding tert-OH is 1. The third kappa shape index (κ3) is 7.15. The van der Waals surface area contributed by atoms with Gasteiger partial charge in [-0.15, -0.1) is 0 Å². The van der Waals surface area contributed by atoms with Gasteiger partial charge in [-0.1, -0.05) is 24.3 Å². The second kappa shape index (κ2) is 11.5. The molecule has 2 atom stereocenters. The van der Waals surface area contributed by atoms with Crippen molar-refractivity contribution in [1.29, 1.82) is 5.41 Å². The number of carboxylic acids is 1. The van der Waals surface area contributed by atoms with Gasteiger partial charge in [0.2, 0.25) is 5.82 Å². The highest BCUT2D eigenvalue weighted by atomic mass is 19.4. The minimum Gasteiger partial charge on any atom is -0.478 e. The highest BCUT2D eigenvalue weighted by molar-refractivity contribution is 6.22. The van der Waals surface area contributed by atoms with Crippen molar-refractivity contribution in [2.75, 3.05) is 13.2 Å². The molecule has 2 unspecified atom stereocenters. The fourth-order valence-corrected chi connectivity index (χ4v) is 4.10. The second-order valence-corrected chi connectivity index (χ2v) is 8.94. The number of hydrogen-bond donors (Lipinski definition) is 5. The molecule has 1 amide bonds. The summed E-state index contributed by atoms with van der Waals surface area (Å²) in [6, 6.07) is 7.79.